The number of benzene rings is 1. The Morgan fingerprint density at radius 3 is 2.32 bits per heavy atom. The van der Waals surface area contributed by atoms with Crippen molar-refractivity contribution in [3.05, 3.63) is 24.3 Å². The summed E-state index contributed by atoms with van der Waals surface area (Å²) in [7, 11) is 0. The summed E-state index contributed by atoms with van der Waals surface area (Å²) < 4.78 is 15.6. The SMILES string of the molecule is CCOc1ccccc1OCC(=O)OCC(=O)N[C@](C)(C#N)C(C)C. The molecular weight excluding hydrogens is 324 g/mol. The molecule has 7 heteroatoms. The minimum atomic E-state index is -1.02. The van der Waals surface area contributed by atoms with Crippen LogP contribution in [-0.4, -0.2) is 37.2 Å². The normalized spacial score (nSPS) is 12.6. The Hall–Kier alpha value is -2.75. The van der Waals surface area contributed by atoms with Gasteiger partial charge in [-0.2, -0.15) is 5.26 Å². The predicted octanol–water partition coefficient (Wildman–Crippen LogP) is 2.06. The Morgan fingerprint density at radius 1 is 1.20 bits per heavy atom. The van der Waals surface area contributed by atoms with Crippen LogP contribution in [0.2, 0.25) is 0 Å². The highest BCUT2D eigenvalue weighted by Gasteiger charge is 2.30. The molecule has 1 rings (SSSR count). The highest BCUT2D eigenvalue weighted by molar-refractivity contribution is 5.81. The van der Waals surface area contributed by atoms with Crippen molar-refractivity contribution >= 4 is 11.9 Å². The van der Waals surface area contributed by atoms with Gasteiger partial charge in [0, 0.05) is 0 Å². The van der Waals surface area contributed by atoms with Gasteiger partial charge in [0.15, 0.2) is 24.7 Å². The molecule has 0 fully saturated rings. The third-order valence-electron chi connectivity index (χ3n) is 3.64. The molecule has 0 aromatic heterocycles. The van der Waals surface area contributed by atoms with Gasteiger partial charge >= 0.3 is 5.97 Å². The lowest BCUT2D eigenvalue weighted by Gasteiger charge is -2.27. The number of hydrogen-bond donors (Lipinski definition) is 1. The zero-order chi connectivity index (χ0) is 18.9. The fourth-order valence-electron chi connectivity index (χ4n) is 1.80. The molecule has 0 heterocycles. The Balaban J connectivity index is 2.46. The van der Waals surface area contributed by atoms with E-state index in [2.05, 4.69) is 11.4 Å². The van der Waals surface area contributed by atoms with Gasteiger partial charge in [0.2, 0.25) is 0 Å². The molecular formula is C18H24N2O5. The highest BCUT2D eigenvalue weighted by Crippen LogP contribution is 2.26. The molecule has 7 nitrogen and oxygen atoms in total. The number of amides is 1. The molecule has 1 aromatic rings. The van der Waals surface area contributed by atoms with Gasteiger partial charge in [0.25, 0.3) is 5.91 Å². The molecule has 0 saturated heterocycles. The molecule has 0 radical (unpaired) electrons. The van der Waals surface area contributed by atoms with Gasteiger partial charge in [-0.3, -0.25) is 4.79 Å². The minimum absolute atomic E-state index is 0.0875. The molecule has 0 aliphatic heterocycles. The van der Waals surface area contributed by atoms with Crippen LogP contribution in [-0.2, 0) is 14.3 Å². The van der Waals surface area contributed by atoms with Crippen LogP contribution in [0, 0.1) is 17.2 Å². The number of esters is 1. The van der Waals surface area contributed by atoms with E-state index < -0.39 is 24.0 Å². The summed E-state index contributed by atoms with van der Waals surface area (Å²) in [5, 5.41) is 11.7. The summed E-state index contributed by atoms with van der Waals surface area (Å²) in [5.74, 6) is -0.374. The predicted molar refractivity (Wildman–Crippen MR) is 91.1 cm³/mol. The first-order valence-electron chi connectivity index (χ1n) is 8.05. The van der Waals surface area contributed by atoms with E-state index in [0.717, 1.165) is 0 Å². The van der Waals surface area contributed by atoms with Gasteiger partial charge in [-0.25, -0.2) is 4.79 Å². The number of nitrogens with zero attached hydrogens (tertiary/aromatic N) is 1. The van der Waals surface area contributed by atoms with Crippen molar-refractivity contribution in [3.8, 4) is 17.6 Å². The Morgan fingerprint density at radius 2 is 1.80 bits per heavy atom. The molecule has 0 unspecified atom stereocenters. The van der Waals surface area contributed by atoms with Crippen molar-refractivity contribution in [1.29, 1.82) is 5.26 Å². The molecule has 1 atom stereocenters. The maximum absolute atomic E-state index is 11.8. The second kappa shape index (κ2) is 9.52. The summed E-state index contributed by atoms with van der Waals surface area (Å²) in [5.41, 5.74) is -1.02. The molecule has 1 amide bonds. The van der Waals surface area contributed by atoms with E-state index in [1.807, 2.05) is 20.8 Å². The molecule has 0 saturated carbocycles. The molecule has 136 valence electrons. The van der Waals surface area contributed by atoms with Gasteiger partial charge < -0.3 is 19.5 Å². The van der Waals surface area contributed by atoms with Crippen molar-refractivity contribution < 1.29 is 23.8 Å². The minimum Gasteiger partial charge on any atom is -0.490 e. The Labute approximate surface area is 147 Å². The number of carbonyl (C=O) groups excluding carboxylic acids is 2. The van der Waals surface area contributed by atoms with Crippen LogP contribution < -0.4 is 14.8 Å². The molecule has 1 N–H and O–H groups in total. The first kappa shape index (κ1) is 20.3. The number of hydrogen-bond acceptors (Lipinski definition) is 6. The summed E-state index contributed by atoms with van der Waals surface area (Å²) in [4.78, 5) is 23.6. The number of nitriles is 1. The Kier molecular flexibility index (Phi) is 7.73. The third-order valence-corrected chi connectivity index (χ3v) is 3.64. The summed E-state index contributed by atoms with van der Waals surface area (Å²) in [6.45, 7) is 6.74. The molecule has 0 spiro atoms. The van der Waals surface area contributed by atoms with Crippen molar-refractivity contribution in [1.82, 2.24) is 5.32 Å². The average molecular weight is 348 g/mol. The smallest absolute Gasteiger partial charge is 0.344 e. The molecule has 1 aromatic carbocycles. The van der Waals surface area contributed by atoms with Crippen LogP contribution in [0.5, 0.6) is 11.5 Å². The summed E-state index contributed by atoms with van der Waals surface area (Å²) in [6.07, 6.45) is 0. The van der Waals surface area contributed by atoms with Crippen LogP contribution in [0.1, 0.15) is 27.7 Å². The molecule has 25 heavy (non-hydrogen) atoms. The lowest BCUT2D eigenvalue weighted by Crippen LogP contribution is -2.50. The quantitative estimate of drug-likeness (QED) is 0.686. The standard InChI is InChI=1S/C18H24N2O5/c1-5-23-14-8-6-7-9-15(14)24-11-17(22)25-10-16(21)20-18(4,12-19)13(2)3/h6-9,13H,5,10-11H2,1-4H3,(H,20,21)/t18-/m1/s1. The molecule has 0 bridgehead atoms. The van der Waals surface area contributed by atoms with Crippen molar-refractivity contribution in [2.75, 3.05) is 19.8 Å². The zero-order valence-electron chi connectivity index (χ0n) is 15.0. The number of carbonyl (C=O) groups is 2. The van der Waals surface area contributed by atoms with Crippen LogP contribution in [0.3, 0.4) is 0 Å². The largest absolute Gasteiger partial charge is 0.490 e. The van der Waals surface area contributed by atoms with Crippen molar-refractivity contribution in [2.45, 2.75) is 33.2 Å². The number of ether oxygens (including phenoxy) is 3. The van der Waals surface area contributed by atoms with Gasteiger partial charge in [0.05, 0.1) is 12.7 Å². The third kappa shape index (κ3) is 6.34. The average Bonchev–Trinajstić information content (AvgIpc) is 2.59. The van der Waals surface area contributed by atoms with Gasteiger partial charge in [-0.1, -0.05) is 26.0 Å². The Bertz CT molecular complexity index is 639. The van der Waals surface area contributed by atoms with E-state index in [0.29, 0.717) is 18.1 Å². The second-order valence-electron chi connectivity index (χ2n) is 5.85. The van der Waals surface area contributed by atoms with Crippen molar-refractivity contribution in [2.24, 2.45) is 5.92 Å². The number of nitrogens with one attached hydrogen (secondary N) is 1. The fraction of sp³-hybridized carbons (Fsp3) is 0.500. The van der Waals surface area contributed by atoms with Gasteiger partial charge in [-0.05, 0) is 31.9 Å². The monoisotopic (exact) mass is 348 g/mol. The topological polar surface area (TPSA) is 97.7 Å². The van der Waals surface area contributed by atoms with Gasteiger partial charge in [0.1, 0.15) is 5.54 Å². The lowest BCUT2D eigenvalue weighted by molar-refractivity contribution is -0.150. The summed E-state index contributed by atoms with van der Waals surface area (Å²) >= 11 is 0. The van der Waals surface area contributed by atoms with Gasteiger partial charge in [-0.15, -0.1) is 0 Å². The first-order chi connectivity index (χ1) is 11.8. The van der Waals surface area contributed by atoms with Crippen LogP contribution in [0.15, 0.2) is 24.3 Å². The van der Waals surface area contributed by atoms with E-state index >= 15 is 0 Å². The highest BCUT2D eigenvalue weighted by atomic mass is 16.6. The van der Waals surface area contributed by atoms with E-state index in [1.54, 1.807) is 31.2 Å². The van der Waals surface area contributed by atoms with E-state index in [-0.39, 0.29) is 12.5 Å². The first-order valence-corrected chi connectivity index (χ1v) is 8.05. The second-order valence-corrected chi connectivity index (χ2v) is 5.85. The molecule has 0 aliphatic rings. The van der Waals surface area contributed by atoms with E-state index in [4.69, 9.17) is 19.5 Å². The maximum Gasteiger partial charge on any atom is 0.344 e. The van der Waals surface area contributed by atoms with E-state index in [1.165, 1.54) is 0 Å². The zero-order valence-corrected chi connectivity index (χ0v) is 15.0. The number of rotatable bonds is 9. The van der Waals surface area contributed by atoms with Crippen LogP contribution >= 0.6 is 0 Å². The van der Waals surface area contributed by atoms with Crippen molar-refractivity contribution in [3.63, 3.8) is 0 Å². The number of para-hydroxylation sites is 2. The van der Waals surface area contributed by atoms with Crippen LogP contribution in [0.25, 0.3) is 0 Å². The maximum atomic E-state index is 11.8. The van der Waals surface area contributed by atoms with E-state index in [9.17, 15) is 9.59 Å². The molecule has 0 aliphatic carbocycles. The van der Waals surface area contributed by atoms with Crippen LogP contribution in [0.4, 0.5) is 0 Å². The fourth-order valence-corrected chi connectivity index (χ4v) is 1.80. The lowest BCUT2D eigenvalue weighted by atomic mass is 9.90. The summed E-state index contributed by atoms with van der Waals surface area (Å²) in [6, 6.07) is 9.00.